The van der Waals surface area contributed by atoms with Gasteiger partial charge in [-0.05, 0) is 43.4 Å². The number of aromatic nitrogens is 1. The summed E-state index contributed by atoms with van der Waals surface area (Å²) in [5.74, 6) is 8.52. The van der Waals surface area contributed by atoms with Crippen LogP contribution >= 0.6 is 11.3 Å². The van der Waals surface area contributed by atoms with Crippen molar-refractivity contribution < 1.29 is 0 Å². The number of hydrogen-bond donors (Lipinski definition) is 2. The minimum Gasteiger partial charge on any atom is -0.271 e. The second-order valence-electron chi connectivity index (χ2n) is 5.30. The first-order valence-electron chi connectivity index (χ1n) is 6.21. The standard InChI is InChI=1S/C12H19N3S/c13-15-11(12-6-16-7-14-12)5-10-4-8-1-2-9(10)3-8/h6-11,15H,1-5,13H2. The normalized spacial score (nSPS) is 34.4. The maximum Gasteiger partial charge on any atom is 0.0795 e. The molecule has 0 spiro atoms. The lowest BCUT2D eigenvalue weighted by Crippen LogP contribution is -2.31. The number of rotatable bonds is 4. The molecule has 0 aliphatic heterocycles. The monoisotopic (exact) mass is 237 g/mol. The third-order valence-corrected chi connectivity index (χ3v) is 5.04. The summed E-state index contributed by atoms with van der Waals surface area (Å²) >= 11 is 1.65. The maximum absolute atomic E-state index is 5.65. The van der Waals surface area contributed by atoms with Gasteiger partial charge in [0.2, 0.25) is 0 Å². The van der Waals surface area contributed by atoms with Crippen molar-refractivity contribution in [1.82, 2.24) is 10.4 Å². The van der Waals surface area contributed by atoms with Gasteiger partial charge in [0.25, 0.3) is 0 Å². The molecule has 0 saturated heterocycles. The summed E-state index contributed by atoms with van der Waals surface area (Å²) in [7, 11) is 0. The predicted octanol–water partition coefficient (Wildman–Crippen LogP) is 2.47. The number of thiazole rings is 1. The molecule has 0 aromatic carbocycles. The van der Waals surface area contributed by atoms with Crippen LogP contribution in [0, 0.1) is 17.8 Å². The zero-order valence-corrected chi connectivity index (χ0v) is 10.2. The van der Waals surface area contributed by atoms with E-state index in [0.29, 0.717) is 0 Å². The largest absolute Gasteiger partial charge is 0.271 e. The van der Waals surface area contributed by atoms with E-state index in [-0.39, 0.29) is 6.04 Å². The van der Waals surface area contributed by atoms with Crippen LogP contribution in [0.5, 0.6) is 0 Å². The molecule has 0 amide bonds. The quantitative estimate of drug-likeness (QED) is 0.625. The van der Waals surface area contributed by atoms with E-state index < -0.39 is 0 Å². The molecule has 4 heteroatoms. The van der Waals surface area contributed by atoms with Crippen molar-refractivity contribution in [3.05, 3.63) is 16.6 Å². The predicted molar refractivity (Wildman–Crippen MR) is 65.7 cm³/mol. The maximum atomic E-state index is 5.65. The van der Waals surface area contributed by atoms with Crippen molar-refractivity contribution >= 4 is 11.3 Å². The molecule has 1 aromatic rings. The average molecular weight is 237 g/mol. The zero-order chi connectivity index (χ0) is 11.0. The average Bonchev–Trinajstić information content (AvgIpc) is 3.01. The Bertz CT molecular complexity index is 338. The van der Waals surface area contributed by atoms with Gasteiger partial charge in [0.05, 0.1) is 17.2 Å². The molecule has 2 saturated carbocycles. The molecule has 16 heavy (non-hydrogen) atoms. The first kappa shape index (κ1) is 10.7. The molecule has 4 atom stereocenters. The fourth-order valence-electron chi connectivity index (χ4n) is 3.64. The molecule has 88 valence electrons. The summed E-state index contributed by atoms with van der Waals surface area (Å²) in [5.41, 5.74) is 5.94. The number of nitrogens with zero attached hydrogens (tertiary/aromatic N) is 1. The van der Waals surface area contributed by atoms with Crippen LogP contribution in [0.2, 0.25) is 0 Å². The van der Waals surface area contributed by atoms with Crippen molar-refractivity contribution in [2.24, 2.45) is 23.6 Å². The molecular formula is C12H19N3S. The highest BCUT2D eigenvalue weighted by molar-refractivity contribution is 7.07. The highest BCUT2D eigenvalue weighted by Crippen LogP contribution is 2.50. The Labute approximate surface area is 100 Å². The Kier molecular flexibility index (Phi) is 2.96. The highest BCUT2D eigenvalue weighted by atomic mass is 32.1. The molecule has 2 bridgehead atoms. The number of hydrazine groups is 1. The first-order valence-corrected chi connectivity index (χ1v) is 7.15. The van der Waals surface area contributed by atoms with E-state index >= 15 is 0 Å². The Morgan fingerprint density at radius 1 is 1.50 bits per heavy atom. The van der Waals surface area contributed by atoms with Crippen LogP contribution in [0.3, 0.4) is 0 Å². The van der Waals surface area contributed by atoms with Gasteiger partial charge in [-0.2, -0.15) is 0 Å². The van der Waals surface area contributed by atoms with Crippen molar-refractivity contribution in [3.8, 4) is 0 Å². The lowest BCUT2D eigenvalue weighted by molar-refractivity contribution is 0.278. The molecule has 0 radical (unpaired) electrons. The highest BCUT2D eigenvalue weighted by Gasteiger charge is 2.40. The summed E-state index contributed by atoms with van der Waals surface area (Å²) in [6.45, 7) is 0. The lowest BCUT2D eigenvalue weighted by Gasteiger charge is -2.25. The van der Waals surface area contributed by atoms with Gasteiger partial charge in [-0.25, -0.2) is 4.98 Å². The van der Waals surface area contributed by atoms with Crippen LogP contribution in [0.4, 0.5) is 0 Å². The zero-order valence-electron chi connectivity index (χ0n) is 9.43. The molecule has 2 aliphatic rings. The van der Waals surface area contributed by atoms with Crippen molar-refractivity contribution in [3.63, 3.8) is 0 Å². The third kappa shape index (κ3) is 1.90. The molecule has 3 nitrogen and oxygen atoms in total. The fraction of sp³-hybridized carbons (Fsp3) is 0.750. The van der Waals surface area contributed by atoms with Gasteiger partial charge in [-0.3, -0.25) is 11.3 Å². The Morgan fingerprint density at radius 3 is 3.00 bits per heavy atom. The third-order valence-electron chi connectivity index (χ3n) is 4.43. The summed E-state index contributed by atoms with van der Waals surface area (Å²) in [5, 5.41) is 2.11. The number of nitrogens with one attached hydrogen (secondary N) is 1. The van der Waals surface area contributed by atoms with Gasteiger partial charge in [-0.15, -0.1) is 11.3 Å². The van der Waals surface area contributed by atoms with E-state index in [1.165, 1.54) is 32.1 Å². The van der Waals surface area contributed by atoms with E-state index in [1.807, 2.05) is 5.51 Å². The topological polar surface area (TPSA) is 50.9 Å². The Hall–Kier alpha value is -0.450. The summed E-state index contributed by atoms with van der Waals surface area (Å²) in [6, 6.07) is 0.260. The van der Waals surface area contributed by atoms with Crippen LogP contribution in [-0.2, 0) is 0 Å². The van der Waals surface area contributed by atoms with Crippen molar-refractivity contribution in [2.75, 3.05) is 0 Å². The number of nitrogens with two attached hydrogens (primary N) is 1. The van der Waals surface area contributed by atoms with Crippen LogP contribution in [0.1, 0.15) is 43.8 Å². The van der Waals surface area contributed by atoms with Gasteiger partial charge < -0.3 is 0 Å². The van der Waals surface area contributed by atoms with E-state index in [0.717, 1.165) is 23.4 Å². The van der Waals surface area contributed by atoms with Crippen LogP contribution in [-0.4, -0.2) is 4.98 Å². The smallest absolute Gasteiger partial charge is 0.0795 e. The van der Waals surface area contributed by atoms with E-state index in [1.54, 1.807) is 11.3 Å². The molecular weight excluding hydrogens is 218 g/mol. The Morgan fingerprint density at radius 2 is 2.44 bits per heavy atom. The molecule has 3 N–H and O–H groups in total. The van der Waals surface area contributed by atoms with E-state index in [2.05, 4.69) is 15.8 Å². The molecule has 3 rings (SSSR count). The minimum absolute atomic E-state index is 0.260. The molecule has 1 aromatic heterocycles. The van der Waals surface area contributed by atoms with E-state index in [4.69, 9.17) is 5.84 Å². The van der Waals surface area contributed by atoms with Crippen molar-refractivity contribution in [1.29, 1.82) is 0 Å². The van der Waals surface area contributed by atoms with Crippen molar-refractivity contribution in [2.45, 2.75) is 38.1 Å². The molecule has 1 heterocycles. The second kappa shape index (κ2) is 4.43. The molecule has 4 unspecified atom stereocenters. The number of fused-ring (bicyclic) bond motifs is 2. The molecule has 2 aliphatic carbocycles. The molecule has 2 fully saturated rings. The van der Waals surface area contributed by atoms with Gasteiger partial charge in [-0.1, -0.05) is 6.42 Å². The van der Waals surface area contributed by atoms with Crippen LogP contribution < -0.4 is 11.3 Å². The summed E-state index contributed by atoms with van der Waals surface area (Å²) in [6.07, 6.45) is 6.98. The summed E-state index contributed by atoms with van der Waals surface area (Å²) < 4.78 is 0. The van der Waals surface area contributed by atoms with Gasteiger partial charge in [0.15, 0.2) is 0 Å². The minimum atomic E-state index is 0.260. The van der Waals surface area contributed by atoms with Gasteiger partial charge in [0.1, 0.15) is 0 Å². The number of hydrogen-bond acceptors (Lipinski definition) is 4. The van der Waals surface area contributed by atoms with E-state index in [9.17, 15) is 0 Å². The first-order chi connectivity index (χ1) is 7.86. The van der Waals surface area contributed by atoms with Gasteiger partial charge in [0, 0.05) is 5.38 Å². The van der Waals surface area contributed by atoms with Gasteiger partial charge >= 0.3 is 0 Å². The SMILES string of the molecule is NNC(CC1CC2CCC1C2)c1cscn1. The van der Waals surface area contributed by atoms with Crippen LogP contribution in [0.25, 0.3) is 0 Å². The Balaban J connectivity index is 1.65. The second-order valence-corrected chi connectivity index (χ2v) is 6.02. The lowest BCUT2D eigenvalue weighted by atomic mass is 9.84. The van der Waals surface area contributed by atoms with Crippen LogP contribution in [0.15, 0.2) is 10.9 Å². The fourth-order valence-corrected chi connectivity index (χ4v) is 4.24. The summed E-state index contributed by atoms with van der Waals surface area (Å²) in [4.78, 5) is 4.37.